The third-order valence-corrected chi connectivity index (χ3v) is 5.36. The van der Waals surface area contributed by atoms with Crippen molar-refractivity contribution in [3.63, 3.8) is 0 Å². The van der Waals surface area contributed by atoms with Gasteiger partial charge in [-0.3, -0.25) is 9.69 Å². The fourth-order valence-corrected chi connectivity index (χ4v) is 3.90. The van der Waals surface area contributed by atoms with Gasteiger partial charge in [-0.2, -0.15) is 0 Å². The van der Waals surface area contributed by atoms with Gasteiger partial charge in [0.1, 0.15) is 0 Å². The van der Waals surface area contributed by atoms with Gasteiger partial charge in [0.15, 0.2) is 0 Å². The zero-order valence-electron chi connectivity index (χ0n) is 14.1. The third kappa shape index (κ3) is 3.93. The van der Waals surface area contributed by atoms with Crippen molar-refractivity contribution in [3.8, 4) is 0 Å². The predicted molar refractivity (Wildman–Crippen MR) is 91.7 cm³/mol. The van der Waals surface area contributed by atoms with Crippen LogP contribution in [0.1, 0.15) is 48.0 Å². The maximum Gasteiger partial charge on any atom is 0.251 e. The van der Waals surface area contributed by atoms with Crippen molar-refractivity contribution in [1.82, 2.24) is 10.2 Å². The summed E-state index contributed by atoms with van der Waals surface area (Å²) < 4.78 is 5.51. The van der Waals surface area contributed by atoms with Crippen molar-refractivity contribution >= 4 is 5.91 Å². The monoisotopic (exact) mass is 316 g/mol. The smallest absolute Gasteiger partial charge is 0.251 e. The molecule has 1 amide bonds. The van der Waals surface area contributed by atoms with E-state index in [2.05, 4.69) is 10.2 Å². The fraction of sp³-hybridized carbons (Fsp3) is 0.632. The van der Waals surface area contributed by atoms with E-state index in [4.69, 9.17) is 4.74 Å². The molecule has 2 fully saturated rings. The van der Waals surface area contributed by atoms with Crippen molar-refractivity contribution in [3.05, 3.63) is 35.4 Å². The number of hydrogen-bond acceptors (Lipinski definition) is 3. The van der Waals surface area contributed by atoms with Crippen LogP contribution in [0, 0.1) is 6.92 Å². The minimum atomic E-state index is 0.0446. The first-order chi connectivity index (χ1) is 11.2. The molecule has 2 aliphatic rings. The van der Waals surface area contributed by atoms with Crippen LogP contribution in [0.25, 0.3) is 0 Å². The minimum Gasteiger partial charge on any atom is -0.379 e. The molecule has 0 unspecified atom stereocenters. The average Bonchev–Trinajstić information content (AvgIpc) is 2.62. The SMILES string of the molecule is Cc1ccc(C(=O)NCC2(N3CCOCC3)CCCCC2)cc1. The Kier molecular flexibility index (Phi) is 5.34. The standard InChI is InChI=1S/C19H28N2O2/c1-16-5-7-17(8-6-16)18(22)20-15-19(9-3-2-4-10-19)21-11-13-23-14-12-21/h5-8H,2-4,9-15H2,1H3,(H,20,22). The lowest BCUT2D eigenvalue weighted by Crippen LogP contribution is -2.59. The van der Waals surface area contributed by atoms with Crippen molar-refractivity contribution in [2.24, 2.45) is 0 Å². The number of morpholine rings is 1. The van der Waals surface area contributed by atoms with Crippen molar-refractivity contribution < 1.29 is 9.53 Å². The van der Waals surface area contributed by atoms with Gasteiger partial charge in [-0.05, 0) is 31.9 Å². The van der Waals surface area contributed by atoms with E-state index in [0.717, 1.165) is 38.4 Å². The molecule has 1 aromatic rings. The van der Waals surface area contributed by atoms with E-state index in [1.165, 1.54) is 37.7 Å². The van der Waals surface area contributed by atoms with Gasteiger partial charge in [0.25, 0.3) is 5.91 Å². The van der Waals surface area contributed by atoms with Crippen LogP contribution < -0.4 is 5.32 Å². The lowest BCUT2D eigenvalue weighted by Gasteiger charge is -2.48. The minimum absolute atomic E-state index is 0.0446. The highest BCUT2D eigenvalue weighted by atomic mass is 16.5. The number of hydrogen-bond donors (Lipinski definition) is 1. The number of amides is 1. The summed E-state index contributed by atoms with van der Waals surface area (Å²) in [6, 6.07) is 7.81. The third-order valence-electron chi connectivity index (χ3n) is 5.36. The summed E-state index contributed by atoms with van der Waals surface area (Å²) in [5.41, 5.74) is 2.06. The van der Waals surface area contributed by atoms with Crippen molar-refractivity contribution in [1.29, 1.82) is 0 Å². The number of aryl methyl sites for hydroxylation is 1. The van der Waals surface area contributed by atoms with Gasteiger partial charge in [-0.1, -0.05) is 37.0 Å². The molecule has 4 nitrogen and oxygen atoms in total. The maximum atomic E-state index is 12.5. The zero-order valence-corrected chi connectivity index (χ0v) is 14.1. The quantitative estimate of drug-likeness (QED) is 0.929. The molecule has 1 aliphatic heterocycles. The number of ether oxygens (including phenoxy) is 1. The second-order valence-corrected chi connectivity index (χ2v) is 6.93. The summed E-state index contributed by atoms with van der Waals surface area (Å²) in [5.74, 6) is 0.0446. The Morgan fingerprint density at radius 1 is 1.13 bits per heavy atom. The lowest BCUT2D eigenvalue weighted by atomic mass is 9.79. The molecule has 3 rings (SSSR count). The number of carbonyl (C=O) groups excluding carboxylic acids is 1. The topological polar surface area (TPSA) is 41.6 Å². The summed E-state index contributed by atoms with van der Waals surface area (Å²) in [6.45, 7) is 6.39. The molecule has 23 heavy (non-hydrogen) atoms. The lowest BCUT2D eigenvalue weighted by molar-refractivity contribution is -0.0361. The molecule has 0 bridgehead atoms. The van der Waals surface area contributed by atoms with Crippen molar-refractivity contribution in [2.75, 3.05) is 32.8 Å². The Bertz CT molecular complexity index is 515. The van der Waals surface area contributed by atoms with Crippen LogP contribution in [0.2, 0.25) is 0 Å². The normalized spacial score (nSPS) is 21.8. The number of nitrogens with one attached hydrogen (secondary N) is 1. The summed E-state index contributed by atoms with van der Waals surface area (Å²) >= 11 is 0. The van der Waals surface area contributed by atoms with Gasteiger partial charge in [-0.25, -0.2) is 0 Å². The molecule has 4 heteroatoms. The van der Waals surface area contributed by atoms with Gasteiger partial charge in [-0.15, -0.1) is 0 Å². The molecule has 1 N–H and O–H groups in total. The molecule has 1 saturated carbocycles. The second-order valence-electron chi connectivity index (χ2n) is 6.93. The molecular weight excluding hydrogens is 288 g/mol. The highest BCUT2D eigenvalue weighted by Gasteiger charge is 2.38. The first-order valence-corrected chi connectivity index (χ1v) is 8.87. The summed E-state index contributed by atoms with van der Waals surface area (Å²) in [5, 5.41) is 3.20. The Balaban J connectivity index is 1.66. The van der Waals surface area contributed by atoms with Gasteiger partial charge < -0.3 is 10.1 Å². The molecular formula is C19H28N2O2. The van der Waals surface area contributed by atoms with Gasteiger partial charge >= 0.3 is 0 Å². The number of carbonyl (C=O) groups is 1. The zero-order chi connectivity index (χ0) is 16.1. The molecule has 1 heterocycles. The van der Waals surface area contributed by atoms with Crippen LogP contribution in [0.15, 0.2) is 24.3 Å². The molecule has 126 valence electrons. The molecule has 1 aromatic carbocycles. The summed E-state index contributed by atoms with van der Waals surface area (Å²) in [6.07, 6.45) is 6.20. The molecule has 1 saturated heterocycles. The Labute approximate surface area is 139 Å². The summed E-state index contributed by atoms with van der Waals surface area (Å²) in [7, 11) is 0. The van der Waals surface area contributed by atoms with Crippen LogP contribution in [0.5, 0.6) is 0 Å². The first kappa shape index (κ1) is 16.5. The average molecular weight is 316 g/mol. The van der Waals surface area contributed by atoms with E-state index in [1.807, 2.05) is 31.2 Å². The Morgan fingerprint density at radius 2 is 1.78 bits per heavy atom. The molecule has 0 radical (unpaired) electrons. The van der Waals surface area contributed by atoms with E-state index < -0.39 is 0 Å². The molecule has 0 atom stereocenters. The molecule has 0 aromatic heterocycles. The highest BCUT2D eigenvalue weighted by Crippen LogP contribution is 2.33. The molecule has 0 spiro atoms. The molecule has 1 aliphatic carbocycles. The van der Waals surface area contributed by atoms with Crippen LogP contribution in [0.3, 0.4) is 0 Å². The maximum absolute atomic E-state index is 12.5. The summed E-state index contributed by atoms with van der Waals surface area (Å²) in [4.78, 5) is 15.0. The van der Waals surface area contributed by atoms with Gasteiger partial charge in [0.2, 0.25) is 0 Å². The van der Waals surface area contributed by atoms with Crippen LogP contribution >= 0.6 is 0 Å². The van der Waals surface area contributed by atoms with E-state index in [9.17, 15) is 4.79 Å². The Hall–Kier alpha value is -1.39. The van der Waals surface area contributed by atoms with Crippen LogP contribution in [-0.2, 0) is 4.74 Å². The van der Waals surface area contributed by atoms with E-state index >= 15 is 0 Å². The Morgan fingerprint density at radius 3 is 2.43 bits per heavy atom. The number of benzene rings is 1. The van der Waals surface area contributed by atoms with Crippen LogP contribution in [0.4, 0.5) is 0 Å². The number of nitrogens with zero attached hydrogens (tertiary/aromatic N) is 1. The fourth-order valence-electron chi connectivity index (χ4n) is 3.90. The first-order valence-electron chi connectivity index (χ1n) is 8.87. The van der Waals surface area contributed by atoms with Crippen LogP contribution in [-0.4, -0.2) is 49.2 Å². The largest absolute Gasteiger partial charge is 0.379 e. The van der Waals surface area contributed by atoms with Gasteiger partial charge in [0, 0.05) is 30.7 Å². The second kappa shape index (κ2) is 7.45. The van der Waals surface area contributed by atoms with E-state index in [1.54, 1.807) is 0 Å². The highest BCUT2D eigenvalue weighted by molar-refractivity contribution is 5.94. The van der Waals surface area contributed by atoms with E-state index in [-0.39, 0.29) is 11.4 Å². The van der Waals surface area contributed by atoms with Crippen molar-refractivity contribution in [2.45, 2.75) is 44.6 Å². The predicted octanol–water partition coefficient (Wildman–Crippen LogP) is 2.76. The number of rotatable bonds is 4. The van der Waals surface area contributed by atoms with E-state index in [0.29, 0.717) is 0 Å². The van der Waals surface area contributed by atoms with Gasteiger partial charge in [0.05, 0.1) is 13.2 Å².